The lowest BCUT2D eigenvalue weighted by Gasteiger charge is -2.49. The van der Waals surface area contributed by atoms with Gasteiger partial charge in [0, 0.05) is 0 Å². The summed E-state index contributed by atoms with van der Waals surface area (Å²) >= 11 is 0. The molecule has 0 radical (unpaired) electrons. The second-order valence-corrected chi connectivity index (χ2v) is 12.4. The van der Waals surface area contributed by atoms with Crippen LogP contribution in [0.15, 0.2) is 11.6 Å². The zero-order chi connectivity index (χ0) is 19.9. The van der Waals surface area contributed by atoms with E-state index in [9.17, 15) is 0 Å². The summed E-state index contributed by atoms with van der Waals surface area (Å²) in [6.07, 6.45) is 22.0. The van der Waals surface area contributed by atoms with Gasteiger partial charge >= 0.3 is 0 Å². The van der Waals surface area contributed by atoms with Gasteiger partial charge in [0.2, 0.25) is 0 Å². The summed E-state index contributed by atoms with van der Waals surface area (Å²) < 4.78 is 0. The molecule has 4 aliphatic carbocycles. The van der Waals surface area contributed by atoms with Crippen molar-refractivity contribution in [1.82, 2.24) is 0 Å². The van der Waals surface area contributed by atoms with Gasteiger partial charge in [-0.2, -0.15) is 0 Å². The van der Waals surface area contributed by atoms with Gasteiger partial charge in [-0.05, 0) is 104 Å². The zero-order valence-corrected chi connectivity index (χ0v) is 19.7. The Balaban J connectivity index is 1.48. The minimum Gasteiger partial charge on any atom is -0.0845 e. The first-order valence-corrected chi connectivity index (χ1v) is 13.0. The van der Waals surface area contributed by atoms with Gasteiger partial charge in [0.15, 0.2) is 0 Å². The molecule has 0 aromatic heterocycles. The maximum Gasteiger partial charge on any atom is -0.00854 e. The van der Waals surface area contributed by atoms with E-state index in [0.29, 0.717) is 10.8 Å². The molecule has 160 valence electrons. The summed E-state index contributed by atoms with van der Waals surface area (Å²) in [7, 11) is 0. The van der Waals surface area contributed by atoms with Crippen molar-refractivity contribution in [1.29, 1.82) is 0 Å². The summed E-state index contributed by atoms with van der Waals surface area (Å²) in [5.41, 5.74) is 3.07. The molecule has 3 saturated carbocycles. The maximum atomic E-state index is 2.74. The van der Waals surface area contributed by atoms with Gasteiger partial charge in [-0.25, -0.2) is 0 Å². The molecule has 4 rings (SSSR count). The van der Waals surface area contributed by atoms with Crippen LogP contribution in [-0.4, -0.2) is 0 Å². The van der Waals surface area contributed by atoms with E-state index in [4.69, 9.17) is 0 Å². The minimum absolute atomic E-state index is 0.564. The Bertz CT molecular complexity index is 571. The Morgan fingerprint density at radius 2 is 1.82 bits per heavy atom. The highest BCUT2D eigenvalue weighted by Gasteiger charge is 2.54. The van der Waals surface area contributed by atoms with Crippen LogP contribution in [0.25, 0.3) is 0 Å². The minimum atomic E-state index is 0.564. The van der Waals surface area contributed by atoms with Crippen LogP contribution in [0.1, 0.15) is 118 Å². The molecule has 0 nitrogen and oxygen atoms in total. The largest absolute Gasteiger partial charge is 0.0845 e. The molecule has 3 fully saturated rings. The van der Waals surface area contributed by atoms with Crippen molar-refractivity contribution >= 4 is 0 Å². The fraction of sp³-hybridized carbons (Fsp3) is 0.929. The number of hydrogen-bond donors (Lipinski definition) is 0. The second kappa shape index (κ2) is 8.11. The van der Waals surface area contributed by atoms with Gasteiger partial charge in [0.05, 0.1) is 0 Å². The van der Waals surface area contributed by atoms with E-state index < -0.39 is 0 Å². The van der Waals surface area contributed by atoms with Crippen molar-refractivity contribution in [2.45, 2.75) is 118 Å². The third-order valence-electron chi connectivity index (χ3n) is 10.5. The third kappa shape index (κ3) is 3.65. The molecular formula is C28H48. The van der Waals surface area contributed by atoms with Crippen molar-refractivity contribution in [3.05, 3.63) is 11.6 Å². The van der Waals surface area contributed by atoms with Gasteiger partial charge in [-0.15, -0.1) is 0 Å². The van der Waals surface area contributed by atoms with Crippen LogP contribution in [-0.2, 0) is 0 Å². The smallest absolute Gasteiger partial charge is 0.00854 e. The number of hydrogen-bond acceptors (Lipinski definition) is 0. The van der Waals surface area contributed by atoms with Crippen LogP contribution in [0.3, 0.4) is 0 Å². The van der Waals surface area contributed by atoms with Crippen LogP contribution in [0, 0.1) is 46.3 Å². The van der Waals surface area contributed by atoms with E-state index in [1.54, 1.807) is 6.42 Å². The summed E-state index contributed by atoms with van der Waals surface area (Å²) in [5, 5.41) is 0. The molecule has 0 aromatic carbocycles. The molecule has 0 heteroatoms. The standard InChI is InChI=1S/C28H48/c1-20(2)9-8-10-21(3)25-15-14-24-19-22-12-13-23-11-6-7-17-27(23,4)26(22)16-18-28(24,25)5/h13,20-22,24-26H,6-12,14-19H2,1-5H3. The second-order valence-electron chi connectivity index (χ2n) is 12.4. The van der Waals surface area contributed by atoms with Crippen LogP contribution in [0.5, 0.6) is 0 Å². The molecule has 0 bridgehead atoms. The van der Waals surface area contributed by atoms with Crippen LogP contribution in [0.4, 0.5) is 0 Å². The van der Waals surface area contributed by atoms with Gasteiger partial charge in [-0.1, -0.05) is 72.0 Å². The summed E-state index contributed by atoms with van der Waals surface area (Å²) in [6, 6.07) is 0. The van der Waals surface area contributed by atoms with Crippen molar-refractivity contribution < 1.29 is 0 Å². The van der Waals surface area contributed by atoms with E-state index in [2.05, 4.69) is 40.7 Å². The SMILES string of the molecule is CC(C)CCCC(C)C1CCC2CC3CC=C4CCCCC4(C)C3CCC21C. The van der Waals surface area contributed by atoms with Crippen molar-refractivity contribution in [3.8, 4) is 0 Å². The number of allylic oxidation sites excluding steroid dienone is 2. The Morgan fingerprint density at radius 3 is 2.61 bits per heavy atom. The summed E-state index contributed by atoms with van der Waals surface area (Å²) in [4.78, 5) is 0. The molecule has 0 aromatic rings. The lowest BCUT2D eigenvalue weighted by atomic mass is 9.56. The number of fused-ring (bicyclic) bond motifs is 4. The molecule has 0 saturated heterocycles. The molecule has 7 atom stereocenters. The summed E-state index contributed by atoms with van der Waals surface area (Å²) in [5.74, 6) is 5.81. The quantitative estimate of drug-likeness (QED) is 0.415. The van der Waals surface area contributed by atoms with E-state index in [1.807, 2.05) is 5.57 Å². The van der Waals surface area contributed by atoms with Gasteiger partial charge in [0.25, 0.3) is 0 Å². The van der Waals surface area contributed by atoms with E-state index in [0.717, 1.165) is 35.5 Å². The third-order valence-corrected chi connectivity index (χ3v) is 10.5. The first-order valence-electron chi connectivity index (χ1n) is 13.0. The topological polar surface area (TPSA) is 0 Å². The Hall–Kier alpha value is -0.260. The molecule has 0 spiro atoms. The molecular weight excluding hydrogens is 336 g/mol. The molecule has 0 heterocycles. The lowest BCUT2D eigenvalue weighted by Crippen LogP contribution is -2.39. The zero-order valence-electron chi connectivity index (χ0n) is 19.7. The molecule has 28 heavy (non-hydrogen) atoms. The van der Waals surface area contributed by atoms with Crippen LogP contribution < -0.4 is 0 Å². The fourth-order valence-corrected chi connectivity index (χ4v) is 8.74. The van der Waals surface area contributed by atoms with E-state index in [-0.39, 0.29) is 0 Å². The maximum absolute atomic E-state index is 2.74. The molecule has 0 amide bonds. The number of rotatable bonds is 5. The Labute approximate surface area is 176 Å². The first kappa shape index (κ1) is 21.0. The van der Waals surface area contributed by atoms with Crippen LogP contribution >= 0.6 is 0 Å². The van der Waals surface area contributed by atoms with Crippen molar-refractivity contribution in [2.75, 3.05) is 0 Å². The van der Waals surface area contributed by atoms with E-state index >= 15 is 0 Å². The highest BCUT2D eigenvalue weighted by molar-refractivity contribution is 5.23. The van der Waals surface area contributed by atoms with Crippen molar-refractivity contribution in [2.24, 2.45) is 46.3 Å². The first-order chi connectivity index (χ1) is 13.3. The fourth-order valence-electron chi connectivity index (χ4n) is 8.74. The van der Waals surface area contributed by atoms with Crippen LogP contribution in [0.2, 0.25) is 0 Å². The average molecular weight is 385 g/mol. The monoisotopic (exact) mass is 384 g/mol. The molecule has 7 unspecified atom stereocenters. The van der Waals surface area contributed by atoms with E-state index in [1.165, 1.54) is 77.0 Å². The normalized spacial score (nSPS) is 44.3. The van der Waals surface area contributed by atoms with Gasteiger partial charge in [-0.3, -0.25) is 0 Å². The van der Waals surface area contributed by atoms with Crippen molar-refractivity contribution in [3.63, 3.8) is 0 Å². The molecule has 0 aliphatic heterocycles. The van der Waals surface area contributed by atoms with Gasteiger partial charge < -0.3 is 0 Å². The Kier molecular flexibility index (Phi) is 6.08. The highest BCUT2D eigenvalue weighted by Crippen LogP contribution is 2.63. The molecule has 0 N–H and O–H groups in total. The molecule has 4 aliphatic rings. The lowest BCUT2D eigenvalue weighted by molar-refractivity contribution is 0.0918. The highest BCUT2D eigenvalue weighted by atomic mass is 14.6. The predicted molar refractivity (Wildman–Crippen MR) is 122 cm³/mol. The summed E-state index contributed by atoms with van der Waals surface area (Å²) in [6.45, 7) is 12.8. The predicted octanol–water partition coefficient (Wildman–Crippen LogP) is 8.81. The Morgan fingerprint density at radius 1 is 1.00 bits per heavy atom. The average Bonchev–Trinajstić information content (AvgIpc) is 2.88. The van der Waals surface area contributed by atoms with Gasteiger partial charge in [0.1, 0.15) is 0 Å².